The number of hydrogen-bond donors (Lipinski definition) is 1. The molecule has 0 aliphatic heterocycles. The molecule has 0 aromatic heterocycles. The number of ether oxygens (including phenoxy) is 1. The predicted octanol–water partition coefficient (Wildman–Crippen LogP) is 2.76. The Labute approximate surface area is 112 Å². The van der Waals surface area contributed by atoms with Gasteiger partial charge in [-0.3, -0.25) is 5.32 Å². The van der Waals surface area contributed by atoms with Gasteiger partial charge in [0.1, 0.15) is 6.04 Å². The van der Waals surface area contributed by atoms with Gasteiger partial charge in [0.25, 0.3) is 0 Å². The molecule has 0 bridgehead atoms. The van der Waals surface area contributed by atoms with E-state index in [2.05, 4.69) is 5.32 Å². The van der Waals surface area contributed by atoms with Crippen LogP contribution in [0.1, 0.15) is 31.4 Å². The van der Waals surface area contributed by atoms with Crippen LogP contribution < -0.4 is 5.32 Å². The van der Waals surface area contributed by atoms with E-state index in [1.807, 2.05) is 37.4 Å². The zero-order valence-corrected chi connectivity index (χ0v) is 11.6. The molecule has 1 saturated carbocycles. The number of carbonyl (C=O) groups excluding carboxylic acids is 1. The maximum atomic E-state index is 12.0. The van der Waals surface area contributed by atoms with Crippen molar-refractivity contribution in [2.45, 2.75) is 36.7 Å². The summed E-state index contributed by atoms with van der Waals surface area (Å²) in [6.45, 7) is 2.26. The second kappa shape index (κ2) is 6.25. The quantitative estimate of drug-likeness (QED) is 0.634. The molecule has 4 heteroatoms. The molecule has 0 spiro atoms. The summed E-state index contributed by atoms with van der Waals surface area (Å²) >= 11 is 1.70. The van der Waals surface area contributed by atoms with E-state index in [1.54, 1.807) is 11.8 Å². The molecule has 1 unspecified atom stereocenters. The first kappa shape index (κ1) is 13.4. The highest BCUT2D eigenvalue weighted by molar-refractivity contribution is 7.98. The summed E-state index contributed by atoms with van der Waals surface area (Å²) in [6.07, 6.45) is 4.35. The number of hydrogen-bond acceptors (Lipinski definition) is 4. The van der Waals surface area contributed by atoms with E-state index in [4.69, 9.17) is 4.74 Å². The van der Waals surface area contributed by atoms with Crippen LogP contribution in [0.3, 0.4) is 0 Å². The average Bonchev–Trinajstić information content (AvgIpc) is 3.20. The molecule has 0 radical (unpaired) electrons. The summed E-state index contributed by atoms with van der Waals surface area (Å²) in [5.41, 5.74) is 0.984. The second-order valence-corrected chi connectivity index (χ2v) is 5.28. The molecule has 3 nitrogen and oxygen atoms in total. The molecule has 1 N–H and O–H groups in total. The first-order valence-corrected chi connectivity index (χ1v) is 7.53. The molecular weight excluding hydrogens is 246 g/mol. The molecule has 0 heterocycles. The fourth-order valence-electron chi connectivity index (χ4n) is 1.81. The maximum Gasteiger partial charge on any atom is 0.327 e. The molecule has 98 valence electrons. The molecule has 0 amide bonds. The van der Waals surface area contributed by atoms with Crippen molar-refractivity contribution < 1.29 is 9.53 Å². The summed E-state index contributed by atoms with van der Waals surface area (Å²) in [7, 11) is 0. The molecule has 2 rings (SSSR count). The maximum absolute atomic E-state index is 12.0. The third kappa shape index (κ3) is 3.50. The molecule has 1 aliphatic rings. The van der Waals surface area contributed by atoms with Gasteiger partial charge in [0.15, 0.2) is 0 Å². The van der Waals surface area contributed by atoms with Crippen molar-refractivity contribution in [3.8, 4) is 0 Å². The Kier molecular flexibility index (Phi) is 4.66. The summed E-state index contributed by atoms with van der Waals surface area (Å²) in [6, 6.07) is 8.24. The number of nitrogens with one attached hydrogen (secondary N) is 1. The van der Waals surface area contributed by atoms with Crippen LogP contribution in [-0.4, -0.2) is 24.9 Å². The van der Waals surface area contributed by atoms with Gasteiger partial charge in [-0.15, -0.1) is 11.8 Å². The molecule has 18 heavy (non-hydrogen) atoms. The molecule has 1 aliphatic carbocycles. The SMILES string of the molecule is CCOC(=O)C(NC1CC1)c1ccc(SC)cc1. The van der Waals surface area contributed by atoms with E-state index in [-0.39, 0.29) is 12.0 Å². The van der Waals surface area contributed by atoms with Crippen LogP contribution in [0, 0.1) is 0 Å². The molecule has 1 atom stereocenters. The number of benzene rings is 1. The topological polar surface area (TPSA) is 38.3 Å². The minimum atomic E-state index is -0.326. The van der Waals surface area contributed by atoms with Gasteiger partial charge < -0.3 is 4.74 Å². The van der Waals surface area contributed by atoms with Crippen molar-refractivity contribution in [3.63, 3.8) is 0 Å². The van der Waals surface area contributed by atoms with E-state index in [0.29, 0.717) is 12.6 Å². The lowest BCUT2D eigenvalue weighted by Gasteiger charge is -2.17. The highest BCUT2D eigenvalue weighted by Crippen LogP contribution is 2.26. The van der Waals surface area contributed by atoms with Crippen LogP contribution in [0.2, 0.25) is 0 Å². The normalized spacial score (nSPS) is 16.3. The van der Waals surface area contributed by atoms with Crippen molar-refractivity contribution in [2.75, 3.05) is 12.9 Å². The van der Waals surface area contributed by atoms with Crippen molar-refractivity contribution >= 4 is 17.7 Å². The third-order valence-electron chi connectivity index (χ3n) is 2.95. The Morgan fingerprint density at radius 1 is 1.44 bits per heavy atom. The van der Waals surface area contributed by atoms with Gasteiger partial charge in [0, 0.05) is 10.9 Å². The van der Waals surface area contributed by atoms with Crippen molar-refractivity contribution in [1.29, 1.82) is 0 Å². The summed E-state index contributed by atoms with van der Waals surface area (Å²) in [5.74, 6) is -0.179. The first-order chi connectivity index (χ1) is 8.74. The molecular formula is C14H19NO2S. The van der Waals surface area contributed by atoms with E-state index in [9.17, 15) is 4.79 Å². The van der Waals surface area contributed by atoms with E-state index < -0.39 is 0 Å². The minimum absolute atomic E-state index is 0.179. The van der Waals surface area contributed by atoms with Crippen LogP contribution in [0.5, 0.6) is 0 Å². The van der Waals surface area contributed by atoms with Crippen LogP contribution in [0.25, 0.3) is 0 Å². The van der Waals surface area contributed by atoms with Crippen molar-refractivity contribution in [3.05, 3.63) is 29.8 Å². The summed E-state index contributed by atoms with van der Waals surface area (Å²) < 4.78 is 5.14. The Bertz CT molecular complexity index is 401. The van der Waals surface area contributed by atoms with E-state index in [1.165, 1.54) is 4.90 Å². The van der Waals surface area contributed by atoms with E-state index in [0.717, 1.165) is 18.4 Å². The van der Waals surface area contributed by atoms with Crippen LogP contribution in [0.4, 0.5) is 0 Å². The highest BCUT2D eigenvalue weighted by Gasteiger charge is 2.30. The smallest absolute Gasteiger partial charge is 0.327 e. The lowest BCUT2D eigenvalue weighted by Crippen LogP contribution is -2.31. The van der Waals surface area contributed by atoms with Crippen LogP contribution in [0.15, 0.2) is 29.2 Å². The molecule has 1 aromatic rings. The van der Waals surface area contributed by atoms with Gasteiger partial charge in [-0.2, -0.15) is 0 Å². The largest absolute Gasteiger partial charge is 0.465 e. The standard InChI is InChI=1S/C14H19NO2S/c1-3-17-14(16)13(15-11-6-7-11)10-4-8-12(18-2)9-5-10/h4-5,8-9,11,13,15H,3,6-7H2,1-2H3. The Morgan fingerprint density at radius 3 is 2.61 bits per heavy atom. The number of thioether (sulfide) groups is 1. The fraction of sp³-hybridized carbons (Fsp3) is 0.500. The molecule has 1 aromatic carbocycles. The zero-order chi connectivity index (χ0) is 13.0. The van der Waals surface area contributed by atoms with Gasteiger partial charge in [-0.25, -0.2) is 4.79 Å². The molecule has 0 saturated heterocycles. The van der Waals surface area contributed by atoms with Crippen molar-refractivity contribution in [2.24, 2.45) is 0 Å². The molecule has 1 fully saturated rings. The van der Waals surface area contributed by atoms with Gasteiger partial charge in [0.2, 0.25) is 0 Å². The van der Waals surface area contributed by atoms with Crippen LogP contribution in [-0.2, 0) is 9.53 Å². The zero-order valence-electron chi connectivity index (χ0n) is 10.8. The second-order valence-electron chi connectivity index (χ2n) is 4.40. The number of esters is 1. The van der Waals surface area contributed by atoms with Gasteiger partial charge >= 0.3 is 5.97 Å². The van der Waals surface area contributed by atoms with E-state index >= 15 is 0 Å². The first-order valence-electron chi connectivity index (χ1n) is 6.31. The summed E-state index contributed by atoms with van der Waals surface area (Å²) in [5, 5.41) is 3.35. The Hall–Kier alpha value is -1.00. The Morgan fingerprint density at radius 2 is 2.11 bits per heavy atom. The fourth-order valence-corrected chi connectivity index (χ4v) is 2.22. The minimum Gasteiger partial charge on any atom is -0.465 e. The lowest BCUT2D eigenvalue weighted by molar-refractivity contribution is -0.145. The van der Waals surface area contributed by atoms with Gasteiger partial charge in [-0.1, -0.05) is 12.1 Å². The lowest BCUT2D eigenvalue weighted by atomic mass is 10.1. The van der Waals surface area contributed by atoms with Gasteiger partial charge in [0.05, 0.1) is 6.61 Å². The third-order valence-corrected chi connectivity index (χ3v) is 3.69. The Balaban J connectivity index is 2.12. The van der Waals surface area contributed by atoms with Gasteiger partial charge in [-0.05, 0) is 43.7 Å². The number of rotatable bonds is 6. The summed E-state index contributed by atoms with van der Waals surface area (Å²) in [4.78, 5) is 13.2. The van der Waals surface area contributed by atoms with Crippen molar-refractivity contribution in [1.82, 2.24) is 5.32 Å². The highest BCUT2D eigenvalue weighted by atomic mass is 32.2. The number of carbonyl (C=O) groups is 1. The van der Waals surface area contributed by atoms with Crippen LogP contribution >= 0.6 is 11.8 Å². The monoisotopic (exact) mass is 265 g/mol. The predicted molar refractivity (Wildman–Crippen MR) is 73.8 cm³/mol. The average molecular weight is 265 g/mol.